The summed E-state index contributed by atoms with van der Waals surface area (Å²) in [5.41, 5.74) is 0. The second kappa shape index (κ2) is 6.81. The fourth-order valence-corrected chi connectivity index (χ4v) is 1.10. The lowest BCUT2D eigenvalue weighted by Gasteiger charge is -2.08. The highest BCUT2D eigenvalue weighted by molar-refractivity contribution is 4.62. The normalized spacial score (nSPS) is 17.8. The van der Waals surface area contributed by atoms with Gasteiger partial charge in [0.15, 0.2) is 0 Å². The zero-order valence-electron chi connectivity index (χ0n) is 7.27. The van der Waals surface area contributed by atoms with Gasteiger partial charge in [0.2, 0.25) is 0 Å². The molecule has 1 nitrogen and oxygen atoms in total. The average molecular weight is 141 g/mol. The topological polar surface area (TPSA) is 3.24 Å². The minimum absolute atomic E-state index is 1.25. The highest BCUT2D eigenvalue weighted by atomic mass is 15.1. The molecule has 1 aliphatic rings. The summed E-state index contributed by atoms with van der Waals surface area (Å²) in [4.78, 5) is 2.49. The lowest BCUT2D eigenvalue weighted by molar-refractivity contribution is 0.359. The highest BCUT2D eigenvalue weighted by Crippen LogP contribution is 2.04. The van der Waals surface area contributed by atoms with Crippen LogP contribution in [0.5, 0.6) is 0 Å². The van der Waals surface area contributed by atoms with Crippen molar-refractivity contribution in [3.05, 3.63) is 12.7 Å². The maximum atomic E-state index is 3.36. The van der Waals surface area contributed by atoms with Crippen molar-refractivity contribution in [3.63, 3.8) is 0 Å². The molecule has 1 rings (SSSR count). The molecule has 0 unspecified atom stereocenters. The Kier molecular flexibility index (Phi) is 6.61. The molecule has 0 aromatic carbocycles. The number of likely N-dealkylation sites (tertiary alicyclic amines) is 1. The van der Waals surface area contributed by atoms with Gasteiger partial charge in [-0.2, -0.15) is 0 Å². The highest BCUT2D eigenvalue weighted by Gasteiger charge is 2.06. The van der Waals surface area contributed by atoms with Gasteiger partial charge < -0.3 is 4.90 Å². The van der Waals surface area contributed by atoms with E-state index in [4.69, 9.17) is 0 Å². The summed E-state index contributed by atoms with van der Waals surface area (Å²) in [6, 6.07) is 0. The molecule has 0 spiro atoms. The lowest BCUT2D eigenvalue weighted by atomic mass is 10.4. The van der Waals surface area contributed by atoms with Gasteiger partial charge in [-0.25, -0.2) is 0 Å². The second-order valence-corrected chi connectivity index (χ2v) is 2.55. The standard InChI is InChI=1S/C6H13N.C3H6/c1-2-7-5-3-4-6-7;1-3-2/h2-6H2,1H3;3H,1H2,2H3. The summed E-state index contributed by atoms with van der Waals surface area (Å²) >= 11 is 0. The Morgan fingerprint density at radius 1 is 1.40 bits per heavy atom. The monoisotopic (exact) mass is 141 g/mol. The van der Waals surface area contributed by atoms with Gasteiger partial charge in [-0.05, 0) is 39.4 Å². The molecule has 1 aliphatic heterocycles. The zero-order valence-corrected chi connectivity index (χ0v) is 7.27. The Morgan fingerprint density at radius 2 is 1.80 bits per heavy atom. The molecule has 0 saturated carbocycles. The van der Waals surface area contributed by atoms with Crippen molar-refractivity contribution in [2.24, 2.45) is 0 Å². The van der Waals surface area contributed by atoms with Crippen LogP contribution in [-0.2, 0) is 0 Å². The second-order valence-electron chi connectivity index (χ2n) is 2.55. The molecular weight excluding hydrogens is 122 g/mol. The fourth-order valence-electron chi connectivity index (χ4n) is 1.10. The van der Waals surface area contributed by atoms with E-state index in [2.05, 4.69) is 18.4 Å². The molecule has 1 saturated heterocycles. The molecule has 0 bridgehead atoms. The van der Waals surface area contributed by atoms with Gasteiger partial charge in [0, 0.05) is 0 Å². The minimum atomic E-state index is 1.25. The third kappa shape index (κ3) is 4.57. The first kappa shape index (κ1) is 9.70. The molecule has 0 amide bonds. The Bertz CT molecular complexity index is 72.8. The van der Waals surface area contributed by atoms with E-state index in [1.807, 2.05) is 6.92 Å². The van der Waals surface area contributed by atoms with Gasteiger partial charge in [-0.15, -0.1) is 6.58 Å². The number of allylic oxidation sites excluding steroid dienone is 1. The number of hydrogen-bond acceptors (Lipinski definition) is 1. The quantitative estimate of drug-likeness (QED) is 0.506. The van der Waals surface area contributed by atoms with Crippen LogP contribution in [0, 0.1) is 0 Å². The average Bonchev–Trinajstić information content (AvgIpc) is 2.39. The van der Waals surface area contributed by atoms with Crippen molar-refractivity contribution in [3.8, 4) is 0 Å². The number of rotatable bonds is 1. The number of nitrogens with zero attached hydrogens (tertiary/aromatic N) is 1. The molecule has 0 aromatic heterocycles. The summed E-state index contributed by atoms with van der Waals surface area (Å²) in [6.45, 7) is 11.4. The first-order chi connectivity index (χ1) is 4.85. The van der Waals surface area contributed by atoms with E-state index in [-0.39, 0.29) is 0 Å². The SMILES string of the molecule is C=CC.CCN1CCCC1. The predicted octanol–water partition coefficient (Wildman–Crippen LogP) is 2.29. The summed E-state index contributed by atoms with van der Waals surface area (Å²) in [5, 5.41) is 0. The van der Waals surface area contributed by atoms with E-state index in [1.165, 1.54) is 32.5 Å². The van der Waals surface area contributed by atoms with Crippen LogP contribution in [0.4, 0.5) is 0 Å². The van der Waals surface area contributed by atoms with Crippen LogP contribution < -0.4 is 0 Å². The molecule has 1 heteroatoms. The molecule has 1 heterocycles. The minimum Gasteiger partial charge on any atom is -0.304 e. The van der Waals surface area contributed by atoms with Gasteiger partial charge in [0.1, 0.15) is 0 Å². The Morgan fingerprint density at radius 3 is 2.00 bits per heavy atom. The van der Waals surface area contributed by atoms with E-state index in [1.54, 1.807) is 6.08 Å². The molecule has 0 atom stereocenters. The summed E-state index contributed by atoms with van der Waals surface area (Å²) in [6.07, 6.45) is 4.60. The smallest absolute Gasteiger partial charge is 0.00184 e. The van der Waals surface area contributed by atoms with Crippen LogP contribution in [0.1, 0.15) is 26.7 Å². The van der Waals surface area contributed by atoms with Crippen molar-refractivity contribution >= 4 is 0 Å². The Hall–Kier alpha value is -0.300. The molecule has 0 N–H and O–H groups in total. The molecule has 0 aromatic rings. The summed E-state index contributed by atoms with van der Waals surface area (Å²) in [5.74, 6) is 0. The van der Waals surface area contributed by atoms with Crippen LogP contribution >= 0.6 is 0 Å². The Labute approximate surface area is 64.7 Å². The van der Waals surface area contributed by atoms with Gasteiger partial charge in [0.25, 0.3) is 0 Å². The summed E-state index contributed by atoms with van der Waals surface area (Å²) in [7, 11) is 0. The van der Waals surface area contributed by atoms with Gasteiger partial charge in [-0.1, -0.05) is 13.0 Å². The molecule has 0 aliphatic carbocycles. The van der Waals surface area contributed by atoms with Gasteiger partial charge in [-0.3, -0.25) is 0 Å². The molecule has 10 heavy (non-hydrogen) atoms. The third-order valence-electron chi connectivity index (χ3n) is 1.65. The molecule has 60 valence electrons. The van der Waals surface area contributed by atoms with Crippen molar-refractivity contribution < 1.29 is 0 Å². The summed E-state index contributed by atoms with van der Waals surface area (Å²) < 4.78 is 0. The molecular formula is C9H19N. The van der Waals surface area contributed by atoms with Crippen molar-refractivity contribution in [2.45, 2.75) is 26.7 Å². The van der Waals surface area contributed by atoms with E-state index in [0.29, 0.717) is 0 Å². The predicted molar refractivity (Wildman–Crippen MR) is 47.2 cm³/mol. The van der Waals surface area contributed by atoms with E-state index in [0.717, 1.165) is 0 Å². The van der Waals surface area contributed by atoms with Gasteiger partial charge in [0.05, 0.1) is 0 Å². The van der Waals surface area contributed by atoms with Crippen LogP contribution in [0.25, 0.3) is 0 Å². The fraction of sp³-hybridized carbons (Fsp3) is 0.778. The largest absolute Gasteiger partial charge is 0.304 e. The third-order valence-corrected chi connectivity index (χ3v) is 1.65. The maximum Gasteiger partial charge on any atom is -0.00184 e. The van der Waals surface area contributed by atoms with Crippen molar-refractivity contribution in [1.29, 1.82) is 0 Å². The van der Waals surface area contributed by atoms with Crippen molar-refractivity contribution in [2.75, 3.05) is 19.6 Å². The lowest BCUT2D eigenvalue weighted by Crippen LogP contribution is -2.17. The zero-order chi connectivity index (χ0) is 7.82. The molecule has 1 fully saturated rings. The maximum absolute atomic E-state index is 3.36. The first-order valence-electron chi connectivity index (χ1n) is 4.14. The number of hydrogen-bond donors (Lipinski definition) is 0. The van der Waals surface area contributed by atoms with E-state index in [9.17, 15) is 0 Å². The Balaban J connectivity index is 0.000000236. The van der Waals surface area contributed by atoms with Crippen LogP contribution in [0.3, 0.4) is 0 Å². The van der Waals surface area contributed by atoms with Gasteiger partial charge >= 0.3 is 0 Å². The first-order valence-corrected chi connectivity index (χ1v) is 4.14. The van der Waals surface area contributed by atoms with E-state index < -0.39 is 0 Å². The van der Waals surface area contributed by atoms with Crippen LogP contribution in [-0.4, -0.2) is 24.5 Å². The molecule has 0 radical (unpaired) electrons. The van der Waals surface area contributed by atoms with E-state index >= 15 is 0 Å². The van der Waals surface area contributed by atoms with Crippen LogP contribution in [0.2, 0.25) is 0 Å². The van der Waals surface area contributed by atoms with Crippen LogP contribution in [0.15, 0.2) is 12.7 Å². The van der Waals surface area contributed by atoms with Crippen molar-refractivity contribution in [1.82, 2.24) is 4.90 Å².